The van der Waals surface area contributed by atoms with Crippen LogP contribution in [-0.2, 0) is 17.7 Å². The molecule has 6 heteroatoms. The Bertz CT molecular complexity index is 732. The maximum Gasteiger partial charge on any atom is 0.248 e. The molecule has 24 heavy (non-hydrogen) atoms. The van der Waals surface area contributed by atoms with E-state index in [1.165, 1.54) is 12.1 Å². The molecule has 1 atom stereocenters. The summed E-state index contributed by atoms with van der Waals surface area (Å²) in [5.41, 5.74) is 9.14. The van der Waals surface area contributed by atoms with Gasteiger partial charge in [-0.2, -0.15) is 0 Å². The number of aromatic nitrogens is 2. The summed E-state index contributed by atoms with van der Waals surface area (Å²) in [6, 6.07) is 7.26. The number of nitrogens with zero attached hydrogens (tertiary/aromatic N) is 2. The maximum absolute atomic E-state index is 11.2. The van der Waals surface area contributed by atoms with Crippen molar-refractivity contribution in [1.82, 2.24) is 14.9 Å². The maximum atomic E-state index is 11.2. The van der Waals surface area contributed by atoms with Crippen LogP contribution in [0.25, 0.3) is 11.4 Å². The Morgan fingerprint density at radius 1 is 1.38 bits per heavy atom. The zero-order valence-electron chi connectivity index (χ0n) is 13.6. The highest BCUT2D eigenvalue weighted by molar-refractivity contribution is 5.93. The first-order valence-electron chi connectivity index (χ1n) is 8.47. The van der Waals surface area contributed by atoms with E-state index in [2.05, 4.69) is 9.88 Å². The van der Waals surface area contributed by atoms with Crippen molar-refractivity contribution in [1.29, 1.82) is 0 Å². The molecule has 0 saturated carbocycles. The molecule has 126 valence electrons. The number of rotatable bonds is 4. The van der Waals surface area contributed by atoms with E-state index in [0.29, 0.717) is 11.5 Å². The van der Waals surface area contributed by atoms with Gasteiger partial charge in [-0.3, -0.25) is 9.69 Å². The van der Waals surface area contributed by atoms with Crippen molar-refractivity contribution >= 4 is 5.91 Å². The van der Waals surface area contributed by atoms with Gasteiger partial charge in [0, 0.05) is 43.8 Å². The number of amides is 1. The first kappa shape index (κ1) is 15.4. The SMILES string of the molecule is NC(=O)c1ccc(-c2nc3c([nH]2)CN(C[C@H]2CCOC2)CC3)cc1. The van der Waals surface area contributed by atoms with Gasteiger partial charge in [0.05, 0.1) is 18.0 Å². The van der Waals surface area contributed by atoms with Crippen molar-refractivity contribution < 1.29 is 9.53 Å². The Morgan fingerprint density at radius 2 is 2.21 bits per heavy atom. The average Bonchev–Trinajstić information content (AvgIpc) is 3.24. The second-order valence-corrected chi connectivity index (χ2v) is 6.67. The molecule has 3 N–H and O–H groups in total. The lowest BCUT2D eigenvalue weighted by molar-refractivity contribution is 0.100. The molecule has 2 aliphatic heterocycles. The molecule has 1 saturated heterocycles. The first-order chi connectivity index (χ1) is 11.7. The van der Waals surface area contributed by atoms with Gasteiger partial charge in [-0.15, -0.1) is 0 Å². The summed E-state index contributed by atoms with van der Waals surface area (Å²) in [6.07, 6.45) is 2.14. The molecule has 3 heterocycles. The van der Waals surface area contributed by atoms with Crippen molar-refractivity contribution in [3.8, 4) is 11.4 Å². The quantitative estimate of drug-likeness (QED) is 0.893. The molecular formula is C18H22N4O2. The third-order valence-electron chi connectivity index (χ3n) is 4.89. The zero-order valence-corrected chi connectivity index (χ0v) is 13.6. The summed E-state index contributed by atoms with van der Waals surface area (Å²) >= 11 is 0. The Balaban J connectivity index is 1.48. The van der Waals surface area contributed by atoms with Crippen LogP contribution in [0.5, 0.6) is 0 Å². The number of fused-ring (bicyclic) bond motifs is 1. The van der Waals surface area contributed by atoms with Crippen LogP contribution in [0.15, 0.2) is 24.3 Å². The van der Waals surface area contributed by atoms with Crippen LogP contribution >= 0.6 is 0 Å². The van der Waals surface area contributed by atoms with Gasteiger partial charge in [0.25, 0.3) is 0 Å². The summed E-state index contributed by atoms with van der Waals surface area (Å²) in [5.74, 6) is 1.11. The fraction of sp³-hybridized carbons (Fsp3) is 0.444. The van der Waals surface area contributed by atoms with Crippen LogP contribution in [-0.4, -0.2) is 47.1 Å². The van der Waals surface area contributed by atoms with E-state index in [0.717, 1.165) is 56.4 Å². The van der Waals surface area contributed by atoms with E-state index in [1.54, 1.807) is 12.1 Å². The van der Waals surface area contributed by atoms with E-state index < -0.39 is 5.91 Å². The standard InChI is InChI=1S/C18H22N4O2/c19-17(23)13-1-3-14(4-2-13)18-20-15-5-7-22(10-16(15)21-18)9-12-6-8-24-11-12/h1-4,12H,5-11H2,(H2,19,23)(H,20,21)/t12-/m1/s1. The largest absolute Gasteiger partial charge is 0.381 e. The number of H-pyrrole nitrogens is 1. The lowest BCUT2D eigenvalue weighted by Crippen LogP contribution is -2.34. The van der Waals surface area contributed by atoms with Gasteiger partial charge in [-0.1, -0.05) is 12.1 Å². The molecule has 2 aromatic rings. The van der Waals surface area contributed by atoms with Gasteiger partial charge in [0.2, 0.25) is 5.91 Å². The molecule has 1 amide bonds. The highest BCUT2D eigenvalue weighted by Crippen LogP contribution is 2.24. The predicted octanol–water partition coefficient (Wildman–Crippen LogP) is 1.57. The molecule has 0 radical (unpaired) electrons. The van der Waals surface area contributed by atoms with Crippen molar-refractivity contribution in [2.75, 3.05) is 26.3 Å². The van der Waals surface area contributed by atoms with E-state index in [-0.39, 0.29) is 0 Å². The highest BCUT2D eigenvalue weighted by atomic mass is 16.5. The fourth-order valence-electron chi connectivity index (χ4n) is 3.53. The van der Waals surface area contributed by atoms with E-state index >= 15 is 0 Å². The number of carbonyl (C=O) groups is 1. The van der Waals surface area contributed by atoms with Crippen LogP contribution in [0.1, 0.15) is 28.2 Å². The van der Waals surface area contributed by atoms with Crippen molar-refractivity contribution in [2.24, 2.45) is 11.7 Å². The molecule has 0 unspecified atom stereocenters. The number of imidazole rings is 1. The number of nitrogens with one attached hydrogen (secondary N) is 1. The van der Waals surface area contributed by atoms with Crippen molar-refractivity contribution in [2.45, 2.75) is 19.4 Å². The number of aromatic amines is 1. The fourth-order valence-corrected chi connectivity index (χ4v) is 3.53. The monoisotopic (exact) mass is 326 g/mol. The minimum atomic E-state index is -0.410. The molecule has 0 spiro atoms. The van der Waals surface area contributed by atoms with Gasteiger partial charge in [-0.05, 0) is 24.5 Å². The predicted molar refractivity (Wildman–Crippen MR) is 90.4 cm³/mol. The van der Waals surface area contributed by atoms with Gasteiger partial charge in [-0.25, -0.2) is 4.98 Å². The Morgan fingerprint density at radius 3 is 2.92 bits per heavy atom. The third kappa shape index (κ3) is 3.07. The first-order valence-corrected chi connectivity index (χ1v) is 8.47. The number of carbonyl (C=O) groups excluding carboxylic acids is 1. The molecule has 4 rings (SSSR count). The zero-order chi connectivity index (χ0) is 16.5. The Hall–Kier alpha value is -2.18. The third-order valence-corrected chi connectivity index (χ3v) is 4.89. The molecule has 1 fully saturated rings. The molecular weight excluding hydrogens is 304 g/mol. The molecule has 0 aliphatic carbocycles. The van der Waals surface area contributed by atoms with Crippen LogP contribution in [0.4, 0.5) is 0 Å². The van der Waals surface area contributed by atoms with Crippen LogP contribution in [0.2, 0.25) is 0 Å². The number of hydrogen-bond donors (Lipinski definition) is 2. The summed E-state index contributed by atoms with van der Waals surface area (Å²) in [4.78, 5) is 21.8. The van der Waals surface area contributed by atoms with Gasteiger partial charge in [0.1, 0.15) is 5.82 Å². The van der Waals surface area contributed by atoms with Crippen LogP contribution in [0.3, 0.4) is 0 Å². The summed E-state index contributed by atoms with van der Waals surface area (Å²) < 4.78 is 5.48. The minimum Gasteiger partial charge on any atom is -0.381 e. The second kappa shape index (κ2) is 6.37. The highest BCUT2D eigenvalue weighted by Gasteiger charge is 2.24. The lowest BCUT2D eigenvalue weighted by Gasteiger charge is -2.27. The van der Waals surface area contributed by atoms with Crippen LogP contribution < -0.4 is 5.73 Å². The van der Waals surface area contributed by atoms with Gasteiger partial charge >= 0.3 is 0 Å². The van der Waals surface area contributed by atoms with Gasteiger partial charge < -0.3 is 15.5 Å². The van der Waals surface area contributed by atoms with Crippen LogP contribution in [0, 0.1) is 5.92 Å². The molecule has 1 aromatic heterocycles. The Kier molecular flexibility index (Phi) is 4.08. The van der Waals surface area contributed by atoms with Gasteiger partial charge in [0.15, 0.2) is 0 Å². The average molecular weight is 326 g/mol. The molecule has 1 aromatic carbocycles. The topological polar surface area (TPSA) is 84.2 Å². The summed E-state index contributed by atoms with van der Waals surface area (Å²) in [6.45, 7) is 4.86. The molecule has 0 bridgehead atoms. The number of hydrogen-bond acceptors (Lipinski definition) is 4. The summed E-state index contributed by atoms with van der Waals surface area (Å²) in [7, 11) is 0. The van der Waals surface area contributed by atoms with E-state index in [9.17, 15) is 4.79 Å². The van der Waals surface area contributed by atoms with Crippen molar-refractivity contribution in [3.05, 3.63) is 41.2 Å². The summed E-state index contributed by atoms with van der Waals surface area (Å²) in [5, 5.41) is 0. The minimum absolute atomic E-state index is 0.410. The lowest BCUT2D eigenvalue weighted by atomic mass is 10.1. The van der Waals surface area contributed by atoms with E-state index in [4.69, 9.17) is 15.5 Å². The van der Waals surface area contributed by atoms with Crippen molar-refractivity contribution in [3.63, 3.8) is 0 Å². The Labute approximate surface area is 141 Å². The number of benzene rings is 1. The molecule has 2 aliphatic rings. The number of ether oxygens (including phenoxy) is 1. The van der Waals surface area contributed by atoms with E-state index in [1.807, 2.05) is 12.1 Å². The number of nitrogens with two attached hydrogens (primary N) is 1. The normalized spacial score (nSPS) is 20.9. The smallest absolute Gasteiger partial charge is 0.248 e. The second-order valence-electron chi connectivity index (χ2n) is 6.67. The molecule has 6 nitrogen and oxygen atoms in total. The number of primary amides is 1.